The first-order valence-corrected chi connectivity index (χ1v) is 7.22. The van der Waals surface area contributed by atoms with Gasteiger partial charge in [0.2, 0.25) is 11.8 Å². The number of carbonyl (C=O) groups is 1. The Morgan fingerprint density at radius 2 is 2.19 bits per heavy atom. The van der Waals surface area contributed by atoms with Crippen LogP contribution in [0.2, 0.25) is 0 Å². The minimum Gasteiger partial charge on any atom is -0.444 e. The van der Waals surface area contributed by atoms with Gasteiger partial charge in [0.05, 0.1) is 5.69 Å². The highest BCUT2D eigenvalue weighted by Gasteiger charge is 2.17. The van der Waals surface area contributed by atoms with Crippen LogP contribution in [0.25, 0.3) is 11.5 Å². The summed E-state index contributed by atoms with van der Waals surface area (Å²) in [7, 11) is 0. The smallest absolute Gasteiger partial charge is 0.226 e. The van der Waals surface area contributed by atoms with Crippen molar-refractivity contribution in [2.45, 2.75) is 32.4 Å². The van der Waals surface area contributed by atoms with E-state index in [4.69, 9.17) is 4.42 Å². The molecule has 0 saturated carbocycles. The maximum Gasteiger partial charge on any atom is 0.226 e. The molecule has 0 radical (unpaired) electrons. The Morgan fingerprint density at radius 3 is 2.90 bits per heavy atom. The summed E-state index contributed by atoms with van der Waals surface area (Å²) in [6.45, 7) is 3.38. The van der Waals surface area contributed by atoms with E-state index < -0.39 is 0 Å². The van der Waals surface area contributed by atoms with Gasteiger partial charge in [-0.3, -0.25) is 4.79 Å². The van der Waals surface area contributed by atoms with Crippen LogP contribution < -0.4 is 10.6 Å². The molecule has 5 heteroatoms. The van der Waals surface area contributed by atoms with Crippen LogP contribution in [-0.4, -0.2) is 23.5 Å². The monoisotopic (exact) mass is 285 g/mol. The molecule has 1 fully saturated rings. The molecule has 1 unspecified atom stereocenters. The number of piperidine rings is 1. The summed E-state index contributed by atoms with van der Waals surface area (Å²) >= 11 is 0. The van der Waals surface area contributed by atoms with E-state index in [1.54, 1.807) is 6.26 Å². The fraction of sp³-hybridized carbons (Fsp3) is 0.375. The van der Waals surface area contributed by atoms with Gasteiger partial charge in [-0.1, -0.05) is 17.7 Å². The van der Waals surface area contributed by atoms with Crippen LogP contribution in [0.1, 0.15) is 24.1 Å². The lowest BCUT2D eigenvalue weighted by Crippen LogP contribution is -2.45. The SMILES string of the molecule is Cc1ccc(-c2nc(CNC3CCC(=O)NC3)co2)cc1. The Kier molecular flexibility index (Phi) is 4.01. The summed E-state index contributed by atoms with van der Waals surface area (Å²) in [5.74, 6) is 0.778. The number of hydrogen-bond donors (Lipinski definition) is 2. The van der Waals surface area contributed by atoms with E-state index in [9.17, 15) is 4.79 Å². The normalized spacial score (nSPS) is 18.5. The lowest BCUT2D eigenvalue weighted by molar-refractivity contribution is -0.122. The van der Waals surface area contributed by atoms with Crippen molar-refractivity contribution in [3.63, 3.8) is 0 Å². The van der Waals surface area contributed by atoms with Crippen LogP contribution in [0, 0.1) is 6.92 Å². The molecule has 2 N–H and O–H groups in total. The molecule has 1 atom stereocenters. The van der Waals surface area contributed by atoms with Crippen LogP contribution in [-0.2, 0) is 11.3 Å². The molecule has 0 aliphatic carbocycles. The second kappa shape index (κ2) is 6.10. The summed E-state index contributed by atoms with van der Waals surface area (Å²) in [4.78, 5) is 15.6. The number of rotatable bonds is 4. The molecule has 21 heavy (non-hydrogen) atoms. The molecule has 1 aromatic carbocycles. The Labute approximate surface area is 123 Å². The molecule has 2 heterocycles. The van der Waals surface area contributed by atoms with Crippen LogP contribution >= 0.6 is 0 Å². The zero-order chi connectivity index (χ0) is 14.7. The lowest BCUT2D eigenvalue weighted by atomic mass is 10.1. The minimum atomic E-state index is 0.135. The Bertz CT molecular complexity index is 609. The molecule has 2 aromatic rings. The molecular weight excluding hydrogens is 266 g/mol. The molecule has 5 nitrogen and oxygen atoms in total. The third kappa shape index (κ3) is 3.49. The molecule has 1 saturated heterocycles. The van der Waals surface area contributed by atoms with Gasteiger partial charge in [0.1, 0.15) is 6.26 Å². The van der Waals surface area contributed by atoms with E-state index in [-0.39, 0.29) is 5.91 Å². The highest BCUT2D eigenvalue weighted by atomic mass is 16.3. The molecule has 0 spiro atoms. The molecule has 1 amide bonds. The number of aromatic nitrogens is 1. The molecule has 3 rings (SSSR count). The summed E-state index contributed by atoms with van der Waals surface area (Å²) in [5, 5.41) is 6.25. The fourth-order valence-corrected chi connectivity index (χ4v) is 2.37. The Hall–Kier alpha value is -2.14. The third-order valence-corrected chi connectivity index (χ3v) is 3.69. The fourth-order valence-electron chi connectivity index (χ4n) is 2.37. The standard InChI is InChI=1S/C16H19N3O2/c1-11-2-4-12(5-3-11)16-19-14(10-21-16)9-17-13-6-7-15(20)18-8-13/h2-5,10,13,17H,6-9H2,1H3,(H,18,20). The zero-order valence-electron chi connectivity index (χ0n) is 12.1. The second-order valence-electron chi connectivity index (χ2n) is 5.43. The van der Waals surface area contributed by atoms with Gasteiger partial charge in [-0.2, -0.15) is 0 Å². The first-order valence-electron chi connectivity index (χ1n) is 7.22. The summed E-state index contributed by atoms with van der Waals surface area (Å²) in [6.07, 6.45) is 3.14. The number of nitrogens with one attached hydrogen (secondary N) is 2. The van der Waals surface area contributed by atoms with E-state index >= 15 is 0 Å². The zero-order valence-corrected chi connectivity index (χ0v) is 12.1. The average molecular weight is 285 g/mol. The van der Waals surface area contributed by atoms with E-state index in [0.717, 1.165) is 17.7 Å². The number of benzene rings is 1. The van der Waals surface area contributed by atoms with E-state index in [1.807, 2.05) is 24.3 Å². The third-order valence-electron chi connectivity index (χ3n) is 3.69. The Balaban J connectivity index is 1.58. The van der Waals surface area contributed by atoms with Crippen molar-refractivity contribution >= 4 is 5.91 Å². The van der Waals surface area contributed by atoms with Crippen molar-refractivity contribution in [1.29, 1.82) is 0 Å². The lowest BCUT2D eigenvalue weighted by Gasteiger charge is -2.22. The molecule has 1 aromatic heterocycles. The largest absolute Gasteiger partial charge is 0.444 e. The molecule has 110 valence electrons. The van der Waals surface area contributed by atoms with Crippen LogP contribution in [0.4, 0.5) is 0 Å². The number of oxazole rings is 1. The van der Waals surface area contributed by atoms with Crippen molar-refractivity contribution in [3.8, 4) is 11.5 Å². The highest BCUT2D eigenvalue weighted by molar-refractivity contribution is 5.76. The minimum absolute atomic E-state index is 0.135. The van der Waals surface area contributed by atoms with Gasteiger partial charge in [-0.25, -0.2) is 4.98 Å². The predicted octanol–water partition coefficient (Wildman–Crippen LogP) is 2.02. The topological polar surface area (TPSA) is 67.2 Å². The highest BCUT2D eigenvalue weighted by Crippen LogP contribution is 2.19. The van der Waals surface area contributed by atoms with Gasteiger partial charge < -0.3 is 15.1 Å². The summed E-state index contributed by atoms with van der Waals surface area (Å²) in [5.41, 5.74) is 3.07. The van der Waals surface area contributed by atoms with Crippen molar-refractivity contribution in [1.82, 2.24) is 15.6 Å². The van der Waals surface area contributed by atoms with Gasteiger partial charge in [-0.15, -0.1) is 0 Å². The van der Waals surface area contributed by atoms with E-state index in [0.29, 0.717) is 31.4 Å². The number of carbonyl (C=O) groups excluding carboxylic acids is 1. The Morgan fingerprint density at radius 1 is 1.38 bits per heavy atom. The van der Waals surface area contributed by atoms with Gasteiger partial charge >= 0.3 is 0 Å². The quantitative estimate of drug-likeness (QED) is 0.902. The van der Waals surface area contributed by atoms with Crippen LogP contribution in [0.3, 0.4) is 0 Å². The maximum atomic E-state index is 11.1. The number of nitrogens with zero attached hydrogens (tertiary/aromatic N) is 1. The summed E-state index contributed by atoms with van der Waals surface area (Å²) < 4.78 is 5.53. The van der Waals surface area contributed by atoms with Crippen molar-refractivity contribution in [2.24, 2.45) is 0 Å². The van der Waals surface area contributed by atoms with Gasteiger partial charge in [0.25, 0.3) is 0 Å². The van der Waals surface area contributed by atoms with Crippen molar-refractivity contribution in [2.75, 3.05) is 6.54 Å². The number of hydrogen-bond acceptors (Lipinski definition) is 4. The van der Waals surface area contributed by atoms with E-state index in [2.05, 4.69) is 22.5 Å². The van der Waals surface area contributed by atoms with Crippen molar-refractivity contribution in [3.05, 3.63) is 41.8 Å². The first-order chi connectivity index (χ1) is 10.2. The summed E-state index contributed by atoms with van der Waals surface area (Å²) in [6, 6.07) is 8.41. The van der Waals surface area contributed by atoms with Gasteiger partial charge in [0, 0.05) is 31.1 Å². The van der Waals surface area contributed by atoms with Crippen LogP contribution in [0.5, 0.6) is 0 Å². The van der Waals surface area contributed by atoms with Crippen molar-refractivity contribution < 1.29 is 9.21 Å². The second-order valence-corrected chi connectivity index (χ2v) is 5.43. The maximum absolute atomic E-state index is 11.1. The molecular formula is C16H19N3O2. The van der Waals surface area contributed by atoms with E-state index in [1.165, 1.54) is 5.56 Å². The van der Waals surface area contributed by atoms with Gasteiger partial charge in [0.15, 0.2) is 0 Å². The molecule has 0 bridgehead atoms. The number of aryl methyl sites for hydroxylation is 1. The molecule has 1 aliphatic heterocycles. The molecule has 1 aliphatic rings. The van der Waals surface area contributed by atoms with Gasteiger partial charge in [-0.05, 0) is 25.5 Å². The number of amides is 1. The first kappa shape index (κ1) is 13.8. The average Bonchev–Trinajstić information content (AvgIpc) is 2.96. The predicted molar refractivity (Wildman–Crippen MR) is 79.5 cm³/mol. The van der Waals surface area contributed by atoms with Crippen LogP contribution in [0.15, 0.2) is 34.9 Å².